The zero-order valence-electron chi connectivity index (χ0n) is 15.0. The van der Waals surface area contributed by atoms with Crippen molar-refractivity contribution in [1.82, 2.24) is 20.1 Å². The lowest BCUT2D eigenvalue weighted by Gasteiger charge is -2.13. The van der Waals surface area contributed by atoms with Crippen molar-refractivity contribution in [1.29, 1.82) is 0 Å². The Hall–Kier alpha value is -3.15. The molecule has 2 aromatic heterocycles. The fraction of sp³-hybridized carbons (Fsp3) is 0.250. The van der Waals surface area contributed by atoms with Crippen LogP contribution >= 0.6 is 0 Å². The fourth-order valence-corrected chi connectivity index (χ4v) is 2.64. The van der Waals surface area contributed by atoms with Gasteiger partial charge in [-0.3, -0.25) is 9.48 Å². The number of aromatic nitrogens is 3. The van der Waals surface area contributed by atoms with Crippen molar-refractivity contribution in [2.24, 2.45) is 0 Å². The Bertz CT molecular complexity index is 842. The molecule has 1 aromatic carbocycles. The Kier molecular flexibility index (Phi) is 5.63. The highest BCUT2D eigenvalue weighted by atomic mass is 16.1. The van der Waals surface area contributed by atoms with E-state index >= 15 is 0 Å². The first-order valence-corrected chi connectivity index (χ1v) is 8.72. The molecule has 3 rings (SSSR count). The number of benzene rings is 1. The van der Waals surface area contributed by atoms with Crippen LogP contribution in [0.1, 0.15) is 41.4 Å². The van der Waals surface area contributed by atoms with Gasteiger partial charge in [0, 0.05) is 24.5 Å². The number of hydrogen-bond donors (Lipinski definition) is 2. The van der Waals surface area contributed by atoms with Gasteiger partial charge in [-0.15, -0.1) is 0 Å². The van der Waals surface area contributed by atoms with Crippen LogP contribution in [0.5, 0.6) is 0 Å². The molecule has 3 aromatic rings. The predicted molar refractivity (Wildman–Crippen MR) is 102 cm³/mol. The Morgan fingerprint density at radius 1 is 1.15 bits per heavy atom. The minimum Gasteiger partial charge on any atom is -0.363 e. The van der Waals surface area contributed by atoms with E-state index in [1.807, 2.05) is 48.3 Å². The van der Waals surface area contributed by atoms with Crippen molar-refractivity contribution in [2.45, 2.75) is 26.4 Å². The zero-order valence-corrected chi connectivity index (χ0v) is 15.0. The van der Waals surface area contributed by atoms with E-state index in [0.29, 0.717) is 12.1 Å². The Morgan fingerprint density at radius 2 is 1.96 bits per heavy atom. The first-order valence-electron chi connectivity index (χ1n) is 8.72. The third-order valence-electron chi connectivity index (χ3n) is 4.07. The first-order chi connectivity index (χ1) is 12.7. The number of amides is 1. The van der Waals surface area contributed by atoms with E-state index in [1.54, 1.807) is 12.3 Å². The van der Waals surface area contributed by atoms with Crippen LogP contribution in [0.4, 0.5) is 5.82 Å². The van der Waals surface area contributed by atoms with Crippen molar-refractivity contribution in [2.75, 3.05) is 11.9 Å². The maximum absolute atomic E-state index is 11.8. The van der Waals surface area contributed by atoms with Gasteiger partial charge in [-0.25, -0.2) is 4.98 Å². The van der Waals surface area contributed by atoms with Gasteiger partial charge in [0.05, 0.1) is 24.3 Å². The van der Waals surface area contributed by atoms with Crippen molar-refractivity contribution < 1.29 is 4.79 Å². The fourth-order valence-electron chi connectivity index (χ4n) is 2.64. The second-order valence-electron chi connectivity index (χ2n) is 6.11. The van der Waals surface area contributed by atoms with Crippen LogP contribution in [0.15, 0.2) is 61.1 Å². The Morgan fingerprint density at radius 3 is 2.65 bits per heavy atom. The molecule has 1 unspecified atom stereocenters. The second-order valence-corrected chi connectivity index (χ2v) is 6.11. The molecule has 6 nitrogen and oxygen atoms in total. The summed E-state index contributed by atoms with van der Waals surface area (Å²) < 4.78 is 1.93. The number of anilines is 1. The van der Waals surface area contributed by atoms with Gasteiger partial charge in [-0.1, -0.05) is 30.3 Å². The number of nitrogens with one attached hydrogen (secondary N) is 2. The van der Waals surface area contributed by atoms with E-state index in [2.05, 4.69) is 39.8 Å². The van der Waals surface area contributed by atoms with Crippen LogP contribution in [0.2, 0.25) is 0 Å². The molecule has 0 spiro atoms. The lowest BCUT2D eigenvalue weighted by Crippen LogP contribution is -2.22. The molecule has 0 aliphatic heterocycles. The van der Waals surface area contributed by atoms with Crippen LogP contribution in [0, 0.1) is 0 Å². The summed E-state index contributed by atoms with van der Waals surface area (Å²) in [5, 5.41) is 10.5. The monoisotopic (exact) mass is 349 g/mol. The summed E-state index contributed by atoms with van der Waals surface area (Å²) >= 11 is 0. The van der Waals surface area contributed by atoms with Gasteiger partial charge in [-0.05, 0) is 31.5 Å². The van der Waals surface area contributed by atoms with E-state index < -0.39 is 0 Å². The lowest BCUT2D eigenvalue weighted by molar-refractivity contribution is 0.0955. The molecule has 6 heteroatoms. The summed E-state index contributed by atoms with van der Waals surface area (Å²) in [7, 11) is 0. The van der Waals surface area contributed by atoms with Gasteiger partial charge in [-0.2, -0.15) is 5.10 Å². The number of nitrogens with zero attached hydrogens (tertiary/aromatic N) is 3. The summed E-state index contributed by atoms with van der Waals surface area (Å²) in [5.41, 5.74) is 2.85. The third kappa shape index (κ3) is 4.47. The average Bonchev–Trinajstić information content (AvgIpc) is 3.12. The van der Waals surface area contributed by atoms with Crippen molar-refractivity contribution in [3.63, 3.8) is 0 Å². The molecule has 0 saturated heterocycles. The SMILES string of the molecule is CCNC(=O)c1ccc(NC(C)c2cnn(Cc3ccccc3)c2)nc1. The molecule has 26 heavy (non-hydrogen) atoms. The summed E-state index contributed by atoms with van der Waals surface area (Å²) in [6, 6.07) is 13.9. The molecule has 0 fully saturated rings. The topological polar surface area (TPSA) is 71.8 Å². The molecule has 1 amide bonds. The van der Waals surface area contributed by atoms with E-state index in [9.17, 15) is 4.79 Å². The second kappa shape index (κ2) is 8.29. The average molecular weight is 349 g/mol. The lowest BCUT2D eigenvalue weighted by atomic mass is 10.2. The minimum absolute atomic E-state index is 0.0577. The van der Waals surface area contributed by atoms with E-state index in [1.165, 1.54) is 5.56 Å². The summed E-state index contributed by atoms with van der Waals surface area (Å²) in [6.07, 6.45) is 5.48. The molecular weight excluding hydrogens is 326 g/mol. The number of carbonyl (C=O) groups is 1. The van der Waals surface area contributed by atoms with Crippen LogP contribution in [-0.2, 0) is 6.54 Å². The van der Waals surface area contributed by atoms with Crippen molar-refractivity contribution in [3.8, 4) is 0 Å². The van der Waals surface area contributed by atoms with E-state index in [4.69, 9.17) is 0 Å². The zero-order chi connectivity index (χ0) is 18.4. The van der Waals surface area contributed by atoms with E-state index in [-0.39, 0.29) is 11.9 Å². The summed E-state index contributed by atoms with van der Waals surface area (Å²) in [5.74, 6) is 0.614. The molecule has 134 valence electrons. The largest absolute Gasteiger partial charge is 0.363 e. The maximum atomic E-state index is 11.8. The molecule has 2 heterocycles. The number of carbonyl (C=O) groups excluding carboxylic acids is 1. The molecule has 0 aliphatic rings. The molecule has 0 radical (unpaired) electrons. The normalized spacial score (nSPS) is 11.8. The van der Waals surface area contributed by atoms with Crippen molar-refractivity contribution in [3.05, 3.63) is 77.7 Å². The molecule has 0 saturated carbocycles. The van der Waals surface area contributed by atoms with Gasteiger partial charge in [0.1, 0.15) is 5.82 Å². The summed E-state index contributed by atoms with van der Waals surface area (Å²) in [4.78, 5) is 16.1. The Labute approximate surface area is 153 Å². The third-order valence-corrected chi connectivity index (χ3v) is 4.07. The van der Waals surface area contributed by atoms with Gasteiger partial charge >= 0.3 is 0 Å². The van der Waals surface area contributed by atoms with Crippen LogP contribution in [0.25, 0.3) is 0 Å². The Balaban J connectivity index is 1.61. The first kappa shape index (κ1) is 17.7. The van der Waals surface area contributed by atoms with Gasteiger partial charge in [0.2, 0.25) is 0 Å². The van der Waals surface area contributed by atoms with E-state index in [0.717, 1.165) is 17.9 Å². The van der Waals surface area contributed by atoms with Crippen molar-refractivity contribution >= 4 is 11.7 Å². The number of hydrogen-bond acceptors (Lipinski definition) is 4. The number of pyridine rings is 1. The molecule has 2 N–H and O–H groups in total. The smallest absolute Gasteiger partial charge is 0.252 e. The molecule has 0 aliphatic carbocycles. The van der Waals surface area contributed by atoms with Gasteiger partial charge in [0.15, 0.2) is 0 Å². The van der Waals surface area contributed by atoms with Gasteiger partial charge in [0.25, 0.3) is 5.91 Å². The number of rotatable bonds is 7. The molecular formula is C20H23N5O. The molecule has 1 atom stereocenters. The molecule has 0 bridgehead atoms. The predicted octanol–water partition coefficient (Wildman–Crippen LogP) is 3.25. The quantitative estimate of drug-likeness (QED) is 0.687. The van der Waals surface area contributed by atoms with Crippen LogP contribution < -0.4 is 10.6 Å². The highest BCUT2D eigenvalue weighted by Gasteiger charge is 2.10. The highest BCUT2D eigenvalue weighted by Crippen LogP contribution is 2.18. The highest BCUT2D eigenvalue weighted by molar-refractivity contribution is 5.93. The van der Waals surface area contributed by atoms with Crippen LogP contribution in [0.3, 0.4) is 0 Å². The standard InChI is InChI=1S/C20H23N5O/c1-3-21-20(26)17-9-10-19(22-11-17)24-15(2)18-12-23-25(14-18)13-16-7-5-4-6-8-16/h4-12,14-15H,3,13H2,1-2H3,(H,21,26)(H,22,24). The maximum Gasteiger partial charge on any atom is 0.252 e. The van der Waals surface area contributed by atoms with Gasteiger partial charge < -0.3 is 10.6 Å². The summed E-state index contributed by atoms with van der Waals surface area (Å²) in [6.45, 7) is 5.29. The van der Waals surface area contributed by atoms with Crippen LogP contribution in [-0.4, -0.2) is 27.2 Å². The minimum atomic E-state index is -0.109.